The zero-order valence-electron chi connectivity index (χ0n) is 17.8. The SMILES string of the molecule is N#C/C(=C\c1ccc(NCCN2CCOCC2)cc1)C(=O)NC[C@H]1OC[C@H](O)[C@@H](O)[C@@H]1O. The van der Waals surface area contributed by atoms with E-state index in [-0.39, 0.29) is 18.7 Å². The van der Waals surface area contributed by atoms with Gasteiger partial charge in [0.25, 0.3) is 5.91 Å². The summed E-state index contributed by atoms with van der Waals surface area (Å²) < 4.78 is 10.6. The number of nitriles is 1. The Kier molecular flexibility index (Phi) is 8.99. The van der Waals surface area contributed by atoms with Crippen molar-refractivity contribution in [3.8, 4) is 6.07 Å². The Bertz CT molecular complexity index is 819. The molecule has 0 spiro atoms. The van der Waals surface area contributed by atoms with Crippen molar-refractivity contribution in [2.75, 3.05) is 57.9 Å². The Labute approximate surface area is 187 Å². The van der Waals surface area contributed by atoms with E-state index in [2.05, 4.69) is 15.5 Å². The Morgan fingerprint density at radius 1 is 1.19 bits per heavy atom. The van der Waals surface area contributed by atoms with E-state index in [4.69, 9.17) is 9.47 Å². The summed E-state index contributed by atoms with van der Waals surface area (Å²) in [5.74, 6) is -0.614. The zero-order valence-corrected chi connectivity index (χ0v) is 17.8. The van der Waals surface area contributed by atoms with Crippen LogP contribution in [0.3, 0.4) is 0 Å². The van der Waals surface area contributed by atoms with E-state index >= 15 is 0 Å². The lowest BCUT2D eigenvalue weighted by Gasteiger charge is -2.35. The van der Waals surface area contributed by atoms with Gasteiger partial charge >= 0.3 is 0 Å². The molecule has 1 amide bonds. The van der Waals surface area contributed by atoms with E-state index in [1.807, 2.05) is 30.3 Å². The summed E-state index contributed by atoms with van der Waals surface area (Å²) in [5.41, 5.74) is 1.55. The van der Waals surface area contributed by atoms with Crippen molar-refractivity contribution in [3.63, 3.8) is 0 Å². The fraction of sp³-hybridized carbons (Fsp3) is 0.545. The molecule has 2 saturated heterocycles. The van der Waals surface area contributed by atoms with Crippen LogP contribution in [0.25, 0.3) is 6.08 Å². The van der Waals surface area contributed by atoms with Gasteiger partial charge in [-0.3, -0.25) is 9.69 Å². The standard InChI is InChI=1S/C22H30N4O6/c23-12-16(22(30)25-13-19-21(29)20(28)18(27)14-32-19)11-15-1-3-17(4-2-15)24-5-6-26-7-9-31-10-8-26/h1-4,11,18-21,24,27-29H,5-10,13-14H2,(H,25,30)/b16-11+/t18-,19+,20+,21+/m0/s1. The molecule has 10 heteroatoms. The minimum Gasteiger partial charge on any atom is -0.388 e. The number of carbonyl (C=O) groups excluding carboxylic acids is 1. The first-order valence-corrected chi connectivity index (χ1v) is 10.7. The molecule has 0 unspecified atom stereocenters. The predicted molar refractivity (Wildman–Crippen MR) is 117 cm³/mol. The normalized spacial score (nSPS) is 26.9. The predicted octanol–water partition coefficient (Wildman–Crippen LogP) is -1.06. The summed E-state index contributed by atoms with van der Waals surface area (Å²) >= 11 is 0. The number of nitrogens with zero attached hydrogens (tertiary/aromatic N) is 2. The number of aliphatic hydroxyl groups excluding tert-OH is 3. The highest BCUT2D eigenvalue weighted by Crippen LogP contribution is 2.16. The number of hydrogen-bond donors (Lipinski definition) is 5. The van der Waals surface area contributed by atoms with Crippen LogP contribution in [-0.4, -0.2) is 103 Å². The average molecular weight is 447 g/mol. The maximum Gasteiger partial charge on any atom is 0.262 e. The largest absolute Gasteiger partial charge is 0.388 e. The minimum atomic E-state index is -1.35. The van der Waals surface area contributed by atoms with Gasteiger partial charge in [0.05, 0.1) is 19.8 Å². The van der Waals surface area contributed by atoms with Gasteiger partial charge in [0.1, 0.15) is 36.1 Å². The summed E-state index contributed by atoms with van der Waals surface area (Å²) in [6.45, 7) is 4.92. The topological polar surface area (TPSA) is 147 Å². The number of nitrogens with one attached hydrogen (secondary N) is 2. The van der Waals surface area contributed by atoms with Crippen LogP contribution >= 0.6 is 0 Å². The van der Waals surface area contributed by atoms with E-state index in [0.717, 1.165) is 45.1 Å². The second-order valence-corrected chi connectivity index (χ2v) is 7.80. The van der Waals surface area contributed by atoms with Crippen LogP contribution in [0.2, 0.25) is 0 Å². The zero-order chi connectivity index (χ0) is 22.9. The highest BCUT2D eigenvalue weighted by molar-refractivity contribution is 6.01. The second-order valence-electron chi connectivity index (χ2n) is 7.80. The van der Waals surface area contributed by atoms with Crippen LogP contribution in [0.1, 0.15) is 5.56 Å². The lowest BCUT2D eigenvalue weighted by Crippen LogP contribution is -2.56. The molecule has 5 N–H and O–H groups in total. The summed E-state index contributed by atoms with van der Waals surface area (Å²) in [7, 11) is 0. The maximum absolute atomic E-state index is 12.4. The Morgan fingerprint density at radius 3 is 2.59 bits per heavy atom. The molecule has 2 fully saturated rings. The van der Waals surface area contributed by atoms with Crippen molar-refractivity contribution in [3.05, 3.63) is 35.4 Å². The van der Waals surface area contributed by atoms with E-state index in [0.29, 0.717) is 5.56 Å². The van der Waals surface area contributed by atoms with E-state index in [1.165, 1.54) is 6.08 Å². The van der Waals surface area contributed by atoms with Gasteiger partial charge in [-0.2, -0.15) is 5.26 Å². The molecular formula is C22H30N4O6. The van der Waals surface area contributed by atoms with Crippen molar-refractivity contribution in [2.45, 2.75) is 24.4 Å². The van der Waals surface area contributed by atoms with Gasteiger partial charge in [-0.1, -0.05) is 12.1 Å². The van der Waals surface area contributed by atoms with E-state index in [1.54, 1.807) is 0 Å². The van der Waals surface area contributed by atoms with Crippen molar-refractivity contribution in [1.82, 2.24) is 10.2 Å². The van der Waals surface area contributed by atoms with Crippen LogP contribution in [0, 0.1) is 11.3 Å². The molecule has 174 valence electrons. The van der Waals surface area contributed by atoms with Crippen LogP contribution in [0.5, 0.6) is 0 Å². The van der Waals surface area contributed by atoms with Crippen LogP contribution in [-0.2, 0) is 14.3 Å². The number of anilines is 1. The number of carbonyl (C=O) groups is 1. The molecule has 4 atom stereocenters. The fourth-order valence-electron chi connectivity index (χ4n) is 3.53. The number of rotatable bonds is 8. The summed E-state index contributed by atoms with van der Waals surface area (Å²) in [6.07, 6.45) is -3.26. The maximum atomic E-state index is 12.4. The summed E-state index contributed by atoms with van der Waals surface area (Å²) in [4.78, 5) is 14.7. The van der Waals surface area contributed by atoms with Crippen molar-refractivity contribution in [2.24, 2.45) is 0 Å². The Hall–Kier alpha value is -2.52. The van der Waals surface area contributed by atoms with Gasteiger partial charge in [-0.05, 0) is 23.8 Å². The number of ether oxygens (including phenoxy) is 2. The van der Waals surface area contributed by atoms with Crippen LogP contribution < -0.4 is 10.6 Å². The van der Waals surface area contributed by atoms with Gasteiger partial charge < -0.3 is 35.4 Å². The molecule has 2 aliphatic heterocycles. The monoisotopic (exact) mass is 446 g/mol. The molecule has 0 aromatic heterocycles. The first-order valence-electron chi connectivity index (χ1n) is 10.7. The molecule has 10 nitrogen and oxygen atoms in total. The number of benzene rings is 1. The lowest BCUT2D eigenvalue weighted by atomic mass is 10.00. The highest BCUT2D eigenvalue weighted by atomic mass is 16.5. The van der Waals surface area contributed by atoms with E-state index in [9.17, 15) is 25.4 Å². The van der Waals surface area contributed by atoms with Gasteiger partial charge in [-0.25, -0.2) is 0 Å². The molecular weight excluding hydrogens is 416 g/mol. The number of hydrogen-bond acceptors (Lipinski definition) is 9. The smallest absolute Gasteiger partial charge is 0.262 e. The van der Waals surface area contributed by atoms with E-state index < -0.39 is 30.3 Å². The van der Waals surface area contributed by atoms with Crippen LogP contribution in [0.4, 0.5) is 5.69 Å². The molecule has 0 aliphatic carbocycles. The second kappa shape index (κ2) is 11.9. The molecule has 2 aliphatic rings. The molecule has 0 bridgehead atoms. The minimum absolute atomic E-state index is 0.0936. The quantitative estimate of drug-likeness (QED) is 0.249. The van der Waals surface area contributed by atoms with Gasteiger partial charge in [0.2, 0.25) is 0 Å². The summed E-state index contributed by atoms with van der Waals surface area (Å²) in [6, 6.07) is 9.27. The highest BCUT2D eigenvalue weighted by Gasteiger charge is 2.37. The number of amides is 1. The van der Waals surface area contributed by atoms with Gasteiger partial charge in [0.15, 0.2) is 0 Å². The van der Waals surface area contributed by atoms with Crippen molar-refractivity contribution < 1.29 is 29.6 Å². The molecule has 32 heavy (non-hydrogen) atoms. The van der Waals surface area contributed by atoms with Crippen molar-refractivity contribution in [1.29, 1.82) is 5.26 Å². The molecule has 0 saturated carbocycles. The third kappa shape index (κ3) is 6.74. The van der Waals surface area contributed by atoms with Gasteiger partial charge in [-0.15, -0.1) is 0 Å². The Balaban J connectivity index is 1.48. The summed E-state index contributed by atoms with van der Waals surface area (Å²) in [5, 5.41) is 44.4. The first-order chi connectivity index (χ1) is 15.5. The Morgan fingerprint density at radius 2 is 1.91 bits per heavy atom. The molecule has 3 rings (SSSR count). The average Bonchev–Trinajstić information content (AvgIpc) is 2.82. The number of aliphatic hydroxyl groups is 3. The van der Waals surface area contributed by atoms with Gasteiger partial charge in [0, 0.05) is 38.4 Å². The number of morpholine rings is 1. The lowest BCUT2D eigenvalue weighted by molar-refractivity contribution is -0.185. The third-order valence-corrected chi connectivity index (χ3v) is 5.52. The molecule has 2 heterocycles. The third-order valence-electron chi connectivity index (χ3n) is 5.52. The molecule has 1 aromatic carbocycles. The fourth-order valence-corrected chi connectivity index (χ4v) is 3.53. The molecule has 1 aromatic rings. The molecule has 0 radical (unpaired) electrons. The van der Waals surface area contributed by atoms with Crippen molar-refractivity contribution >= 4 is 17.7 Å². The first kappa shape index (κ1) is 24.1. The van der Waals surface area contributed by atoms with Crippen LogP contribution in [0.15, 0.2) is 29.8 Å².